The fourth-order valence-corrected chi connectivity index (χ4v) is 1.83. The van der Waals surface area contributed by atoms with Crippen molar-refractivity contribution in [2.75, 3.05) is 0 Å². The van der Waals surface area contributed by atoms with Crippen molar-refractivity contribution in [1.82, 2.24) is 5.23 Å². The van der Waals surface area contributed by atoms with E-state index in [0.29, 0.717) is 0 Å². The second-order valence-electron chi connectivity index (χ2n) is 3.65. The molecule has 1 aliphatic rings. The Labute approximate surface area is 80.0 Å². The minimum atomic E-state index is -0.686. The van der Waals surface area contributed by atoms with Gasteiger partial charge in [0.05, 0.1) is 11.3 Å². The second-order valence-corrected chi connectivity index (χ2v) is 3.65. The van der Waals surface area contributed by atoms with Gasteiger partial charge < -0.3 is 15.7 Å². The molecule has 0 aliphatic heterocycles. The van der Waals surface area contributed by atoms with Crippen LogP contribution in [0.1, 0.15) is 13.8 Å². The molecule has 5 heteroatoms. The third kappa shape index (κ3) is 1.32. The Morgan fingerprint density at radius 1 is 1.69 bits per heavy atom. The monoisotopic (exact) mass is 181 g/mol. The molecule has 71 valence electrons. The van der Waals surface area contributed by atoms with Crippen LogP contribution in [0.3, 0.4) is 0 Å². The average Bonchev–Trinajstić information content (AvgIpc) is 2.71. The summed E-state index contributed by atoms with van der Waals surface area (Å²) in [5.74, 6) is -1.15. The highest BCUT2D eigenvalue weighted by Crippen LogP contribution is 2.58. The lowest BCUT2D eigenvalue weighted by Gasteiger charge is -2.11. The van der Waals surface area contributed by atoms with Crippen molar-refractivity contribution in [3.8, 4) is 0 Å². The van der Waals surface area contributed by atoms with Gasteiger partial charge in [0.25, 0.3) is 0 Å². The van der Waals surface area contributed by atoms with Gasteiger partial charge in [-0.05, 0) is 12.8 Å². The summed E-state index contributed by atoms with van der Waals surface area (Å²) in [6.07, 6.45) is 0. The fraction of sp³-hybridized carbons (Fsp3) is 0.750. The van der Waals surface area contributed by atoms with Crippen LogP contribution in [-0.2, 0) is 9.59 Å². The summed E-state index contributed by atoms with van der Waals surface area (Å²) in [5, 5.41) is 2.57. The molecule has 1 saturated carbocycles. The number of hydrogen-bond donors (Lipinski definition) is 1. The first-order chi connectivity index (χ1) is 6.50. The summed E-state index contributed by atoms with van der Waals surface area (Å²) in [6, 6.07) is 0. The zero-order chi connectivity index (χ0) is 10.9. The van der Waals surface area contributed by atoms with Gasteiger partial charge in [0.1, 0.15) is 0 Å². The van der Waals surface area contributed by atoms with Crippen LogP contribution < -0.4 is 5.23 Å². The first kappa shape index (κ1) is 8.60. The SMILES string of the molecule is [2H][N-]C(=O)[C@H]1C(C)[C@@]1(C)C(=O)N[B]C. The van der Waals surface area contributed by atoms with Gasteiger partial charge in [-0.1, -0.05) is 13.7 Å². The van der Waals surface area contributed by atoms with Crippen molar-refractivity contribution in [2.45, 2.75) is 20.7 Å². The Balaban J connectivity index is 2.70. The quantitative estimate of drug-likeness (QED) is 0.648. The van der Waals surface area contributed by atoms with Crippen molar-refractivity contribution in [3.05, 3.63) is 5.73 Å². The second kappa shape index (κ2) is 3.05. The first-order valence-corrected chi connectivity index (χ1v) is 4.27. The average molecular weight is 181 g/mol. The first-order valence-electron chi connectivity index (χ1n) is 4.72. The number of hydrogen-bond acceptors (Lipinski definition) is 2. The van der Waals surface area contributed by atoms with E-state index in [2.05, 4.69) is 11.0 Å². The predicted molar refractivity (Wildman–Crippen MR) is 49.9 cm³/mol. The van der Waals surface area contributed by atoms with Crippen LogP contribution in [0.4, 0.5) is 0 Å². The number of amides is 2. The number of nitrogens with one attached hydrogen (secondary N) is 2. The molecule has 0 bridgehead atoms. The normalized spacial score (nSPS) is 37.3. The van der Waals surface area contributed by atoms with Gasteiger partial charge in [-0.2, -0.15) is 0 Å². The van der Waals surface area contributed by atoms with Gasteiger partial charge in [0.15, 0.2) is 0 Å². The molecule has 0 heterocycles. The third-order valence-corrected chi connectivity index (χ3v) is 3.01. The van der Waals surface area contributed by atoms with Crippen LogP contribution in [0.5, 0.6) is 0 Å². The van der Waals surface area contributed by atoms with Crippen molar-refractivity contribution >= 4 is 19.2 Å². The highest BCUT2D eigenvalue weighted by atomic mass is 16.2. The van der Waals surface area contributed by atoms with Crippen LogP contribution in [0.15, 0.2) is 0 Å². The Kier molecular flexibility index (Phi) is 2.02. The minimum absolute atomic E-state index is 0.0379. The molecule has 1 unspecified atom stereocenters. The standard InChI is InChI=1S/C8H14BN2O2/c1-4-5(6(10)12)8(4,2)7(13)11-9-3/h4-5H,1-3H3,(H3,10,11,12,13)/p-1/t4?,5-,8-/m1/s1/i/hD. The Morgan fingerprint density at radius 3 is 2.77 bits per heavy atom. The van der Waals surface area contributed by atoms with Crippen molar-refractivity contribution in [3.63, 3.8) is 0 Å². The molecule has 1 fully saturated rings. The van der Waals surface area contributed by atoms with E-state index in [1.165, 1.54) is 7.41 Å². The van der Waals surface area contributed by atoms with E-state index < -0.39 is 17.2 Å². The molecular formula is C8H13BN2O2-. The molecule has 13 heavy (non-hydrogen) atoms. The Morgan fingerprint density at radius 2 is 2.31 bits per heavy atom. The third-order valence-electron chi connectivity index (χ3n) is 3.01. The summed E-state index contributed by atoms with van der Waals surface area (Å²) >= 11 is 0. The molecule has 4 nitrogen and oxygen atoms in total. The number of carbonyl (C=O) groups excluding carboxylic acids is 2. The molecule has 2 amide bonds. The van der Waals surface area contributed by atoms with E-state index >= 15 is 0 Å². The van der Waals surface area contributed by atoms with Gasteiger partial charge in [-0.15, -0.1) is 1.41 Å². The van der Waals surface area contributed by atoms with Gasteiger partial charge in [-0.3, -0.25) is 4.79 Å². The lowest BCUT2D eigenvalue weighted by atomic mass is 9.95. The molecule has 0 aromatic rings. The number of rotatable bonds is 3. The van der Waals surface area contributed by atoms with Crippen LogP contribution in [0.2, 0.25) is 8.23 Å². The molecule has 0 aromatic carbocycles. The van der Waals surface area contributed by atoms with Crippen molar-refractivity contribution in [1.29, 1.82) is 0 Å². The minimum Gasteiger partial charge on any atom is -0.667 e. The summed E-state index contributed by atoms with van der Waals surface area (Å²) in [7, 11) is 1.54. The highest BCUT2D eigenvalue weighted by molar-refractivity contribution is 6.35. The van der Waals surface area contributed by atoms with Gasteiger partial charge in [-0.25, -0.2) is 0 Å². The fourth-order valence-electron chi connectivity index (χ4n) is 1.83. The molecular weight excluding hydrogens is 167 g/mol. The smallest absolute Gasteiger partial charge is 0.242 e. The molecule has 3 atom stereocenters. The molecule has 1 rings (SSSR count). The van der Waals surface area contributed by atoms with Crippen LogP contribution in [-0.4, -0.2) is 19.2 Å². The van der Waals surface area contributed by atoms with Crippen LogP contribution in [0.25, 0.3) is 5.73 Å². The van der Waals surface area contributed by atoms with E-state index in [4.69, 9.17) is 1.41 Å². The predicted octanol–water partition coefficient (Wildman–Crippen LogP) is 0.621. The number of carbonyl (C=O) groups is 2. The zero-order valence-electron chi connectivity index (χ0n) is 9.00. The zero-order valence-corrected chi connectivity index (χ0v) is 8.00. The van der Waals surface area contributed by atoms with Gasteiger partial charge in [0, 0.05) is 5.92 Å². The molecule has 1 aliphatic carbocycles. The molecule has 1 radical (unpaired) electrons. The molecule has 2 N–H and O–H groups in total. The maximum absolute atomic E-state index is 11.6. The van der Waals surface area contributed by atoms with E-state index in [1.807, 2.05) is 6.92 Å². The Hall–Kier alpha value is -0.995. The molecule has 0 spiro atoms. The van der Waals surface area contributed by atoms with E-state index in [9.17, 15) is 9.59 Å². The highest BCUT2D eigenvalue weighted by Gasteiger charge is 2.63. The van der Waals surface area contributed by atoms with Crippen LogP contribution >= 0.6 is 0 Å². The van der Waals surface area contributed by atoms with Crippen molar-refractivity contribution < 1.29 is 11.0 Å². The lowest BCUT2D eigenvalue weighted by molar-refractivity contribution is -0.127. The van der Waals surface area contributed by atoms with E-state index in [1.54, 1.807) is 13.7 Å². The maximum atomic E-state index is 11.6. The van der Waals surface area contributed by atoms with E-state index in [-0.39, 0.29) is 11.8 Å². The molecule has 0 aromatic heterocycles. The van der Waals surface area contributed by atoms with Crippen molar-refractivity contribution in [2.24, 2.45) is 17.3 Å². The van der Waals surface area contributed by atoms with Crippen LogP contribution in [0, 0.1) is 17.3 Å². The topological polar surface area (TPSA) is 70.0 Å². The summed E-state index contributed by atoms with van der Waals surface area (Å²) < 4.78 is 6.62. The van der Waals surface area contributed by atoms with E-state index in [0.717, 1.165) is 0 Å². The maximum Gasteiger partial charge on any atom is 0.242 e. The Bertz CT molecular complexity index is 274. The summed E-state index contributed by atoms with van der Waals surface area (Å²) in [6.45, 7) is 5.26. The summed E-state index contributed by atoms with van der Waals surface area (Å²) in [5.41, 5.74) is 2.17. The summed E-state index contributed by atoms with van der Waals surface area (Å²) in [4.78, 5) is 22.7. The lowest BCUT2D eigenvalue weighted by Crippen LogP contribution is -2.34. The molecule has 0 saturated heterocycles. The van der Waals surface area contributed by atoms with Gasteiger partial charge in [0.2, 0.25) is 13.3 Å². The largest absolute Gasteiger partial charge is 0.667 e. The van der Waals surface area contributed by atoms with Gasteiger partial charge >= 0.3 is 0 Å².